The van der Waals surface area contributed by atoms with Gasteiger partial charge in [-0.3, -0.25) is 9.59 Å². The van der Waals surface area contributed by atoms with Gasteiger partial charge in [0.05, 0.1) is 5.02 Å². The number of nitrogens with zero attached hydrogens (tertiary/aromatic N) is 1. The molecule has 0 N–H and O–H groups in total. The van der Waals surface area contributed by atoms with Gasteiger partial charge in [-0.05, 0) is 41.9 Å². The molecule has 200 valence electrons. The molecule has 0 spiro atoms. The van der Waals surface area contributed by atoms with Crippen molar-refractivity contribution in [3.05, 3.63) is 85.1 Å². The fraction of sp³-hybridized carbons (Fsp3) is 0.419. The van der Waals surface area contributed by atoms with E-state index in [-0.39, 0.29) is 29.0 Å². The van der Waals surface area contributed by atoms with Crippen LogP contribution in [0.15, 0.2) is 58.9 Å². The van der Waals surface area contributed by atoms with Crippen LogP contribution in [0, 0.1) is 10.8 Å². The summed E-state index contributed by atoms with van der Waals surface area (Å²) in [7, 11) is 1.99. The van der Waals surface area contributed by atoms with Crippen molar-refractivity contribution in [2.75, 3.05) is 7.05 Å². The van der Waals surface area contributed by atoms with Crippen LogP contribution in [-0.2, 0) is 16.2 Å². The number of hydrogen-bond donors (Lipinski definition) is 0. The van der Waals surface area contributed by atoms with E-state index < -0.39 is 5.92 Å². The average molecular weight is 573 g/mol. The van der Waals surface area contributed by atoms with Gasteiger partial charge in [-0.15, -0.1) is 0 Å². The number of ether oxygens (including phenoxy) is 1. The molecule has 1 heterocycles. The van der Waals surface area contributed by atoms with E-state index in [1.54, 1.807) is 18.2 Å². The third-order valence-corrected chi connectivity index (χ3v) is 8.73. The maximum absolute atomic E-state index is 13.8. The van der Waals surface area contributed by atoms with E-state index in [0.29, 0.717) is 50.4 Å². The van der Waals surface area contributed by atoms with E-state index in [9.17, 15) is 9.59 Å². The Morgan fingerprint density at radius 2 is 1.39 bits per heavy atom. The van der Waals surface area contributed by atoms with Gasteiger partial charge in [0.25, 0.3) is 0 Å². The Kier molecular flexibility index (Phi) is 6.99. The zero-order chi connectivity index (χ0) is 27.6. The number of allylic oxidation sites excluding steroid dienone is 4. The lowest BCUT2D eigenvalue weighted by molar-refractivity contribution is -0.119. The first-order valence-corrected chi connectivity index (χ1v) is 14.0. The molecule has 4 nitrogen and oxygen atoms in total. The van der Waals surface area contributed by atoms with Crippen LogP contribution in [0.25, 0.3) is 0 Å². The van der Waals surface area contributed by atoms with Gasteiger partial charge >= 0.3 is 0 Å². The lowest BCUT2D eigenvalue weighted by atomic mass is 9.63. The van der Waals surface area contributed by atoms with Crippen molar-refractivity contribution in [1.82, 2.24) is 4.90 Å². The number of halogens is 3. The van der Waals surface area contributed by atoms with Gasteiger partial charge in [0, 0.05) is 69.5 Å². The highest BCUT2D eigenvalue weighted by Gasteiger charge is 2.49. The van der Waals surface area contributed by atoms with Crippen LogP contribution in [0.1, 0.15) is 70.4 Å². The van der Waals surface area contributed by atoms with Gasteiger partial charge < -0.3 is 9.64 Å². The Balaban J connectivity index is 1.72. The highest BCUT2D eigenvalue weighted by atomic mass is 35.5. The molecule has 2 aromatic carbocycles. The standard InChI is InChI=1S/C31H32Cl3NO3/c1-30(2)12-22-27(24(36)14-30)26(28-23(35(22)5)13-31(3,4)15-25(28)37)19-10-18(32)11-21(34)29(19)38-16-17-8-6-7-9-20(17)33/h6-11,26H,12-16H2,1-5H3. The van der Waals surface area contributed by atoms with Crippen LogP contribution in [0.2, 0.25) is 15.1 Å². The van der Waals surface area contributed by atoms with Crippen molar-refractivity contribution in [1.29, 1.82) is 0 Å². The second-order valence-electron chi connectivity index (χ2n) is 12.3. The maximum atomic E-state index is 13.8. The molecule has 0 fully saturated rings. The molecule has 1 aliphatic heterocycles. The topological polar surface area (TPSA) is 46.6 Å². The van der Waals surface area contributed by atoms with Crippen LogP contribution in [0.3, 0.4) is 0 Å². The minimum atomic E-state index is -0.596. The van der Waals surface area contributed by atoms with Crippen molar-refractivity contribution in [2.24, 2.45) is 10.8 Å². The quantitative estimate of drug-likeness (QED) is 0.368. The molecule has 0 atom stereocenters. The summed E-state index contributed by atoms with van der Waals surface area (Å²) in [6, 6.07) is 10.9. The molecule has 0 radical (unpaired) electrons. The van der Waals surface area contributed by atoms with Crippen LogP contribution in [-0.4, -0.2) is 23.5 Å². The van der Waals surface area contributed by atoms with E-state index >= 15 is 0 Å². The highest BCUT2D eigenvalue weighted by Crippen LogP contribution is 2.56. The Morgan fingerprint density at radius 1 is 0.842 bits per heavy atom. The Morgan fingerprint density at radius 3 is 1.95 bits per heavy atom. The monoisotopic (exact) mass is 571 g/mol. The molecule has 2 aliphatic carbocycles. The molecular formula is C31H32Cl3NO3. The average Bonchev–Trinajstić information content (AvgIpc) is 2.79. The largest absolute Gasteiger partial charge is 0.487 e. The van der Waals surface area contributed by atoms with E-state index in [2.05, 4.69) is 32.6 Å². The summed E-state index contributed by atoms with van der Waals surface area (Å²) in [5, 5.41) is 1.34. The molecule has 0 aromatic heterocycles. The lowest BCUT2D eigenvalue weighted by Gasteiger charge is -2.48. The molecule has 5 rings (SSSR count). The van der Waals surface area contributed by atoms with Crippen molar-refractivity contribution in [3.8, 4) is 5.75 Å². The number of hydrogen-bond acceptors (Lipinski definition) is 4. The molecule has 0 saturated heterocycles. The third-order valence-electron chi connectivity index (χ3n) is 7.86. The van der Waals surface area contributed by atoms with E-state index in [1.165, 1.54) is 0 Å². The van der Waals surface area contributed by atoms with E-state index in [4.69, 9.17) is 39.5 Å². The zero-order valence-corrected chi connectivity index (χ0v) is 24.7. The first-order chi connectivity index (χ1) is 17.8. The predicted octanol–water partition coefficient (Wildman–Crippen LogP) is 8.54. The molecule has 7 heteroatoms. The number of carbonyl (C=O) groups excluding carboxylic acids is 2. The number of rotatable bonds is 4. The van der Waals surface area contributed by atoms with Gasteiger partial charge in [0.2, 0.25) is 0 Å². The van der Waals surface area contributed by atoms with Crippen LogP contribution in [0.5, 0.6) is 5.75 Å². The SMILES string of the molecule is CN1C2=C(C(=O)CC(C)(C)C2)C(c2cc(Cl)cc(Cl)c2OCc2ccccc2Cl)C2=C1CC(C)(C)CC2=O. The van der Waals surface area contributed by atoms with Crippen LogP contribution >= 0.6 is 34.8 Å². The Bertz CT molecular complexity index is 1370. The fourth-order valence-corrected chi connectivity index (χ4v) is 6.94. The van der Waals surface area contributed by atoms with Gasteiger partial charge in [0.1, 0.15) is 12.4 Å². The second-order valence-corrected chi connectivity index (χ2v) is 13.5. The maximum Gasteiger partial charge on any atom is 0.162 e. The molecule has 2 aromatic rings. The molecule has 0 unspecified atom stereocenters. The van der Waals surface area contributed by atoms with Crippen molar-refractivity contribution >= 4 is 46.4 Å². The zero-order valence-electron chi connectivity index (χ0n) is 22.4. The molecule has 38 heavy (non-hydrogen) atoms. The smallest absolute Gasteiger partial charge is 0.162 e. The van der Waals surface area contributed by atoms with Gasteiger partial charge in [-0.2, -0.15) is 0 Å². The molecule has 0 bridgehead atoms. The first-order valence-electron chi connectivity index (χ1n) is 12.9. The van der Waals surface area contributed by atoms with Gasteiger partial charge in [-0.1, -0.05) is 80.7 Å². The number of carbonyl (C=O) groups is 2. The predicted molar refractivity (Wildman–Crippen MR) is 153 cm³/mol. The second kappa shape index (κ2) is 9.73. The summed E-state index contributed by atoms with van der Waals surface area (Å²) < 4.78 is 6.33. The number of Topliss-reactive ketones (excluding diaryl/α,β-unsaturated/α-hetero) is 2. The number of ketones is 2. The first kappa shape index (κ1) is 27.3. The normalized spacial score (nSPS) is 21.0. The fourth-order valence-electron chi connectivity index (χ4n) is 6.19. The van der Waals surface area contributed by atoms with E-state index in [0.717, 1.165) is 29.8 Å². The Labute approximate surface area is 239 Å². The van der Waals surface area contributed by atoms with Crippen LogP contribution < -0.4 is 4.74 Å². The van der Waals surface area contributed by atoms with Crippen molar-refractivity contribution in [3.63, 3.8) is 0 Å². The summed E-state index contributed by atoms with van der Waals surface area (Å²) >= 11 is 19.7. The number of benzene rings is 2. The van der Waals surface area contributed by atoms with Crippen molar-refractivity contribution < 1.29 is 14.3 Å². The summed E-state index contributed by atoms with van der Waals surface area (Å²) in [6.45, 7) is 8.65. The van der Waals surface area contributed by atoms with Gasteiger partial charge in [-0.25, -0.2) is 0 Å². The minimum Gasteiger partial charge on any atom is -0.487 e. The van der Waals surface area contributed by atoms with Gasteiger partial charge in [0.15, 0.2) is 11.6 Å². The molecular weight excluding hydrogens is 541 g/mol. The minimum absolute atomic E-state index is 0.0467. The van der Waals surface area contributed by atoms with Crippen LogP contribution in [0.4, 0.5) is 0 Å². The van der Waals surface area contributed by atoms with E-state index in [1.807, 2.05) is 25.2 Å². The summed E-state index contributed by atoms with van der Waals surface area (Å²) in [5.41, 5.74) is 4.32. The van der Waals surface area contributed by atoms with Crippen molar-refractivity contribution in [2.45, 2.75) is 65.9 Å². The lowest BCUT2D eigenvalue weighted by Crippen LogP contribution is -2.43. The highest BCUT2D eigenvalue weighted by molar-refractivity contribution is 6.36. The summed E-state index contributed by atoms with van der Waals surface area (Å²) in [5.74, 6) is -0.0868. The molecule has 0 amide bonds. The Hall–Kier alpha value is -2.27. The third kappa shape index (κ3) is 4.92. The summed E-state index contributed by atoms with van der Waals surface area (Å²) in [4.78, 5) is 29.8. The molecule has 3 aliphatic rings. The molecule has 0 saturated carbocycles. The summed E-state index contributed by atoms with van der Waals surface area (Å²) in [6.07, 6.45) is 2.28.